The van der Waals surface area contributed by atoms with Gasteiger partial charge in [0.15, 0.2) is 5.11 Å². The molecule has 0 saturated carbocycles. The maximum absolute atomic E-state index is 12.4. The van der Waals surface area contributed by atoms with E-state index < -0.39 is 0 Å². The number of benzene rings is 3. The smallest absolute Gasteiger partial charge is 0.250 e. The van der Waals surface area contributed by atoms with Crippen LogP contribution >= 0.6 is 23.6 Å². The van der Waals surface area contributed by atoms with Gasteiger partial charge in [0.05, 0.1) is 23.0 Å². The summed E-state index contributed by atoms with van der Waals surface area (Å²) in [6.45, 7) is 4.30. The van der Waals surface area contributed by atoms with E-state index in [9.17, 15) is 4.79 Å². The Morgan fingerprint density at radius 2 is 1.85 bits per heavy atom. The van der Waals surface area contributed by atoms with E-state index in [0.717, 1.165) is 26.4 Å². The first kappa shape index (κ1) is 23.6. The summed E-state index contributed by atoms with van der Waals surface area (Å²) in [7, 11) is 1.59. The third-order valence-electron chi connectivity index (χ3n) is 5.26. The number of thiazole rings is 1. The van der Waals surface area contributed by atoms with Crippen LogP contribution in [-0.4, -0.2) is 23.1 Å². The van der Waals surface area contributed by atoms with Gasteiger partial charge < -0.3 is 10.1 Å². The number of carbonyl (C=O) groups is 1. The first-order valence-corrected chi connectivity index (χ1v) is 12.1. The molecular weight excluding hydrogens is 462 g/mol. The lowest BCUT2D eigenvalue weighted by molar-refractivity contribution is -0.115. The second-order valence-electron chi connectivity index (χ2n) is 8.00. The van der Waals surface area contributed by atoms with E-state index in [2.05, 4.69) is 42.7 Å². The summed E-state index contributed by atoms with van der Waals surface area (Å²) in [4.78, 5) is 17.1. The Balaban J connectivity index is 1.44. The molecule has 1 heterocycles. The molecule has 1 amide bonds. The van der Waals surface area contributed by atoms with Gasteiger partial charge in [0.1, 0.15) is 10.8 Å². The highest BCUT2D eigenvalue weighted by molar-refractivity contribution is 7.80. The van der Waals surface area contributed by atoms with E-state index >= 15 is 0 Å². The molecule has 0 aliphatic carbocycles. The van der Waals surface area contributed by atoms with Crippen LogP contribution in [0.5, 0.6) is 5.75 Å². The number of ether oxygens (including phenoxy) is 1. The monoisotopic (exact) mass is 487 g/mol. The molecule has 3 aromatic carbocycles. The number of hydrogen-bond donors (Lipinski definition) is 2. The van der Waals surface area contributed by atoms with E-state index in [0.29, 0.717) is 17.4 Å². The fraction of sp³-hybridized carbons (Fsp3) is 0.148. The average Bonchev–Trinajstić information content (AvgIpc) is 3.27. The molecule has 0 aliphatic heterocycles. The molecule has 2 N–H and O–H groups in total. The first-order chi connectivity index (χ1) is 16.4. The highest BCUT2D eigenvalue weighted by Gasteiger charge is 2.12. The molecule has 0 bridgehead atoms. The van der Waals surface area contributed by atoms with E-state index in [1.807, 2.05) is 48.5 Å². The summed E-state index contributed by atoms with van der Waals surface area (Å²) in [5.74, 6) is 0.768. The molecular formula is C27H25N3O2S2. The molecule has 0 atom stereocenters. The van der Waals surface area contributed by atoms with Crippen LogP contribution in [0.4, 0.5) is 5.69 Å². The number of aromatic nitrogens is 1. The zero-order valence-electron chi connectivity index (χ0n) is 19.2. The summed E-state index contributed by atoms with van der Waals surface area (Å²) in [5, 5.41) is 6.84. The van der Waals surface area contributed by atoms with Crippen molar-refractivity contribution in [3.8, 4) is 16.3 Å². The molecule has 5 nitrogen and oxygen atoms in total. The fourth-order valence-electron chi connectivity index (χ4n) is 3.41. The lowest BCUT2D eigenvalue weighted by Crippen LogP contribution is -2.32. The van der Waals surface area contributed by atoms with E-state index in [-0.39, 0.29) is 11.0 Å². The van der Waals surface area contributed by atoms with Gasteiger partial charge in [-0.05, 0) is 65.7 Å². The molecule has 172 valence electrons. The van der Waals surface area contributed by atoms with Crippen LogP contribution in [0.3, 0.4) is 0 Å². The molecule has 0 saturated heterocycles. The Morgan fingerprint density at radius 3 is 2.56 bits per heavy atom. The Kier molecular flexibility index (Phi) is 7.35. The number of thiocarbonyl (C=S) groups is 1. The number of rotatable bonds is 6. The third-order valence-corrected chi connectivity index (χ3v) is 6.55. The minimum absolute atomic E-state index is 0.185. The summed E-state index contributed by atoms with van der Waals surface area (Å²) >= 11 is 6.98. The van der Waals surface area contributed by atoms with Crippen LogP contribution in [0.1, 0.15) is 30.9 Å². The van der Waals surface area contributed by atoms with Gasteiger partial charge in [-0.3, -0.25) is 10.1 Å². The van der Waals surface area contributed by atoms with E-state index in [4.69, 9.17) is 21.9 Å². The number of methoxy groups -OCH3 is 1. The van der Waals surface area contributed by atoms with Gasteiger partial charge >= 0.3 is 0 Å². The topological polar surface area (TPSA) is 63.2 Å². The van der Waals surface area contributed by atoms with Gasteiger partial charge in [0.2, 0.25) is 5.91 Å². The minimum Gasteiger partial charge on any atom is -0.495 e. The Hall–Kier alpha value is -3.55. The largest absolute Gasteiger partial charge is 0.495 e. The molecule has 0 unspecified atom stereocenters. The molecule has 1 aromatic heterocycles. The van der Waals surface area contributed by atoms with Gasteiger partial charge in [-0.15, -0.1) is 11.3 Å². The lowest BCUT2D eigenvalue weighted by atomic mass is 10.0. The highest BCUT2D eigenvalue weighted by atomic mass is 32.1. The van der Waals surface area contributed by atoms with E-state index in [1.54, 1.807) is 24.5 Å². The van der Waals surface area contributed by atoms with Crippen LogP contribution in [0.15, 0.2) is 72.8 Å². The number of nitrogens with zero attached hydrogens (tertiary/aromatic N) is 1. The normalized spacial score (nSPS) is 11.2. The summed E-state index contributed by atoms with van der Waals surface area (Å²) in [5.41, 5.74) is 4.75. The van der Waals surface area contributed by atoms with Gasteiger partial charge in [-0.2, -0.15) is 0 Å². The number of carbonyl (C=O) groups excluding carboxylic acids is 1. The zero-order chi connectivity index (χ0) is 24.1. The van der Waals surface area contributed by atoms with Gasteiger partial charge in [0, 0.05) is 11.6 Å². The molecule has 0 fully saturated rings. The Labute approximate surface area is 208 Å². The number of anilines is 1. The first-order valence-electron chi connectivity index (χ1n) is 10.9. The Morgan fingerprint density at radius 1 is 1.09 bits per heavy atom. The fourth-order valence-corrected chi connectivity index (χ4v) is 4.58. The van der Waals surface area contributed by atoms with Crippen molar-refractivity contribution in [3.05, 3.63) is 83.9 Å². The van der Waals surface area contributed by atoms with Crippen molar-refractivity contribution in [1.29, 1.82) is 0 Å². The number of para-hydroxylation sites is 1. The number of amides is 1. The summed E-state index contributed by atoms with van der Waals surface area (Å²) in [6, 6.07) is 21.9. The van der Waals surface area contributed by atoms with Crippen LogP contribution < -0.4 is 15.4 Å². The predicted molar refractivity (Wildman–Crippen MR) is 146 cm³/mol. The van der Waals surface area contributed by atoms with E-state index in [1.165, 1.54) is 11.6 Å². The SMILES string of the molecule is COc1ccc(-c2nc3ccccc3s2)cc1NC(=S)NC(=O)/C=C/c1ccc(C(C)C)cc1. The molecule has 4 rings (SSSR count). The molecule has 0 spiro atoms. The molecule has 4 aromatic rings. The summed E-state index contributed by atoms with van der Waals surface area (Å²) < 4.78 is 6.59. The van der Waals surface area contributed by atoms with Crippen LogP contribution in [0.25, 0.3) is 26.9 Å². The quantitative estimate of drug-likeness (QED) is 0.236. The maximum Gasteiger partial charge on any atom is 0.250 e. The Bertz CT molecular complexity index is 1330. The number of hydrogen-bond acceptors (Lipinski definition) is 5. The average molecular weight is 488 g/mol. The molecule has 34 heavy (non-hydrogen) atoms. The minimum atomic E-state index is -0.313. The van der Waals surface area contributed by atoms with Crippen LogP contribution in [0.2, 0.25) is 0 Å². The predicted octanol–water partition coefficient (Wildman–Crippen LogP) is 6.62. The molecule has 0 radical (unpaired) electrons. The highest BCUT2D eigenvalue weighted by Crippen LogP contribution is 2.34. The third kappa shape index (κ3) is 5.68. The number of fused-ring (bicyclic) bond motifs is 1. The molecule has 7 heteroatoms. The van der Waals surface area contributed by atoms with Crippen molar-refractivity contribution in [1.82, 2.24) is 10.3 Å². The van der Waals surface area contributed by atoms with Crippen molar-refractivity contribution >= 4 is 56.6 Å². The van der Waals surface area contributed by atoms with Crippen molar-refractivity contribution in [2.75, 3.05) is 12.4 Å². The zero-order valence-corrected chi connectivity index (χ0v) is 20.8. The standard InChI is InChI=1S/C27H25N3O2S2/c1-17(2)19-11-8-18(9-12-19)10-15-25(31)30-27(33)29-22-16-20(13-14-23(22)32-3)26-28-21-6-4-5-7-24(21)34-26/h4-17H,1-3H3,(H2,29,30,31,33)/b15-10+. The molecule has 0 aliphatic rings. The van der Waals surface area contributed by atoms with Gasteiger partial charge in [-0.25, -0.2) is 4.98 Å². The van der Waals surface area contributed by atoms with Gasteiger partial charge in [0.25, 0.3) is 0 Å². The number of nitrogens with one attached hydrogen (secondary N) is 2. The maximum atomic E-state index is 12.4. The van der Waals surface area contributed by atoms with Crippen molar-refractivity contribution in [3.63, 3.8) is 0 Å². The van der Waals surface area contributed by atoms with Crippen molar-refractivity contribution in [2.24, 2.45) is 0 Å². The van der Waals surface area contributed by atoms with Gasteiger partial charge in [-0.1, -0.05) is 50.2 Å². The summed E-state index contributed by atoms with van der Waals surface area (Å²) in [6.07, 6.45) is 3.23. The van der Waals surface area contributed by atoms with Crippen LogP contribution in [0, 0.1) is 0 Å². The van der Waals surface area contributed by atoms with Crippen LogP contribution in [-0.2, 0) is 4.79 Å². The second kappa shape index (κ2) is 10.6. The lowest BCUT2D eigenvalue weighted by Gasteiger charge is -2.13. The van der Waals surface area contributed by atoms with Crippen molar-refractivity contribution < 1.29 is 9.53 Å². The second-order valence-corrected chi connectivity index (χ2v) is 9.44. The van der Waals surface area contributed by atoms with Crippen molar-refractivity contribution in [2.45, 2.75) is 19.8 Å².